The molecular formula is C15H15ClN2. The summed E-state index contributed by atoms with van der Waals surface area (Å²) in [7, 11) is 0. The Kier molecular flexibility index (Phi) is 3.50. The molecular weight excluding hydrogens is 244 g/mol. The summed E-state index contributed by atoms with van der Waals surface area (Å²) in [5.41, 5.74) is 8.94. The Morgan fingerprint density at radius 1 is 1.06 bits per heavy atom. The molecule has 1 heterocycles. The molecule has 1 aromatic heterocycles. The van der Waals surface area contributed by atoms with Crippen molar-refractivity contribution in [2.45, 2.75) is 13.5 Å². The van der Waals surface area contributed by atoms with E-state index in [4.69, 9.17) is 5.73 Å². The molecule has 0 amide bonds. The number of hydrogen-bond acceptors (Lipinski definition) is 2. The van der Waals surface area contributed by atoms with Gasteiger partial charge in [-0.25, -0.2) is 0 Å². The highest BCUT2D eigenvalue weighted by Gasteiger charge is 2.05. The van der Waals surface area contributed by atoms with Gasteiger partial charge < -0.3 is 5.73 Å². The van der Waals surface area contributed by atoms with Crippen molar-refractivity contribution in [1.82, 2.24) is 4.98 Å². The number of pyridine rings is 1. The maximum atomic E-state index is 5.69. The summed E-state index contributed by atoms with van der Waals surface area (Å²) in [5, 5.41) is 3.63. The number of benzene rings is 2. The van der Waals surface area contributed by atoms with Crippen LogP contribution in [-0.2, 0) is 6.54 Å². The van der Waals surface area contributed by atoms with Crippen LogP contribution in [0.2, 0.25) is 0 Å². The van der Waals surface area contributed by atoms with Crippen LogP contribution in [-0.4, -0.2) is 4.98 Å². The largest absolute Gasteiger partial charge is 0.325 e. The van der Waals surface area contributed by atoms with Crippen molar-refractivity contribution >= 4 is 34.1 Å². The van der Waals surface area contributed by atoms with Crippen molar-refractivity contribution in [2.24, 2.45) is 5.73 Å². The predicted molar refractivity (Wildman–Crippen MR) is 79.1 cm³/mol. The molecule has 0 saturated carbocycles. The molecule has 0 spiro atoms. The Hall–Kier alpha value is -1.64. The van der Waals surface area contributed by atoms with E-state index in [0.29, 0.717) is 6.54 Å². The lowest BCUT2D eigenvalue weighted by Crippen LogP contribution is -2.00. The van der Waals surface area contributed by atoms with Crippen LogP contribution in [0.4, 0.5) is 0 Å². The summed E-state index contributed by atoms with van der Waals surface area (Å²) in [6, 6.07) is 14.7. The average Bonchev–Trinajstić information content (AvgIpc) is 2.38. The minimum absolute atomic E-state index is 0. The second kappa shape index (κ2) is 4.92. The fraction of sp³-hybridized carbons (Fsp3) is 0.133. The monoisotopic (exact) mass is 258 g/mol. The fourth-order valence-corrected chi connectivity index (χ4v) is 2.30. The number of fused-ring (bicyclic) bond motifs is 3. The van der Waals surface area contributed by atoms with Gasteiger partial charge in [0.25, 0.3) is 0 Å². The highest BCUT2D eigenvalue weighted by molar-refractivity contribution is 6.06. The lowest BCUT2D eigenvalue weighted by atomic mass is 10.0. The number of aromatic nitrogens is 1. The molecule has 0 aliphatic heterocycles. The minimum atomic E-state index is 0. The summed E-state index contributed by atoms with van der Waals surface area (Å²) >= 11 is 0. The molecule has 2 nitrogen and oxygen atoms in total. The Bertz CT molecular complexity index is 707. The molecule has 0 atom stereocenters. The van der Waals surface area contributed by atoms with Gasteiger partial charge in [0.1, 0.15) is 0 Å². The van der Waals surface area contributed by atoms with E-state index in [0.717, 1.165) is 11.2 Å². The van der Waals surface area contributed by atoms with E-state index >= 15 is 0 Å². The molecule has 0 fully saturated rings. The van der Waals surface area contributed by atoms with Crippen LogP contribution in [0.25, 0.3) is 21.7 Å². The van der Waals surface area contributed by atoms with Gasteiger partial charge in [-0.2, -0.15) is 0 Å². The summed E-state index contributed by atoms with van der Waals surface area (Å²) in [6.07, 6.45) is 0. The van der Waals surface area contributed by atoms with E-state index in [1.165, 1.54) is 21.7 Å². The standard InChI is InChI=1S/C15H14N2.ClH/c1-10-8-12(9-16)17-15-13(10)7-6-11-4-2-3-5-14(11)15;/h2-8H,9,16H2,1H3;1H. The number of halogens is 1. The van der Waals surface area contributed by atoms with Crippen LogP contribution in [0.1, 0.15) is 11.3 Å². The van der Waals surface area contributed by atoms with Gasteiger partial charge in [-0.1, -0.05) is 36.4 Å². The molecule has 2 aromatic carbocycles. The molecule has 2 N–H and O–H groups in total. The maximum Gasteiger partial charge on any atom is 0.0786 e. The van der Waals surface area contributed by atoms with Crippen molar-refractivity contribution < 1.29 is 0 Å². The van der Waals surface area contributed by atoms with E-state index < -0.39 is 0 Å². The third kappa shape index (κ3) is 1.94. The number of hydrogen-bond donors (Lipinski definition) is 1. The minimum Gasteiger partial charge on any atom is -0.325 e. The first kappa shape index (κ1) is 12.8. The van der Waals surface area contributed by atoms with Crippen LogP contribution >= 0.6 is 12.4 Å². The quantitative estimate of drug-likeness (QED) is 0.678. The van der Waals surface area contributed by atoms with Crippen molar-refractivity contribution in [3.63, 3.8) is 0 Å². The molecule has 3 aromatic rings. The molecule has 0 bridgehead atoms. The Morgan fingerprint density at radius 2 is 1.83 bits per heavy atom. The van der Waals surface area contributed by atoms with Gasteiger partial charge in [0.15, 0.2) is 0 Å². The zero-order valence-corrected chi connectivity index (χ0v) is 11.0. The first-order valence-corrected chi connectivity index (χ1v) is 5.77. The lowest BCUT2D eigenvalue weighted by molar-refractivity contribution is 1.00. The molecule has 18 heavy (non-hydrogen) atoms. The fourth-order valence-electron chi connectivity index (χ4n) is 2.30. The van der Waals surface area contributed by atoms with Crippen LogP contribution < -0.4 is 5.73 Å². The normalized spacial score (nSPS) is 10.6. The molecule has 3 heteroatoms. The van der Waals surface area contributed by atoms with Gasteiger partial charge in [-0.05, 0) is 23.9 Å². The number of nitrogens with zero attached hydrogens (tertiary/aromatic N) is 1. The number of rotatable bonds is 1. The van der Waals surface area contributed by atoms with E-state index in [1.807, 2.05) is 12.1 Å². The Labute approximate surface area is 112 Å². The first-order chi connectivity index (χ1) is 8.29. The predicted octanol–water partition coefficient (Wildman–Crippen LogP) is 3.58. The van der Waals surface area contributed by atoms with E-state index in [2.05, 4.69) is 42.2 Å². The number of nitrogens with two attached hydrogens (primary N) is 1. The zero-order valence-electron chi connectivity index (χ0n) is 10.2. The van der Waals surface area contributed by atoms with E-state index in [1.54, 1.807) is 0 Å². The maximum absolute atomic E-state index is 5.69. The van der Waals surface area contributed by atoms with Gasteiger partial charge in [0, 0.05) is 17.3 Å². The lowest BCUT2D eigenvalue weighted by Gasteiger charge is -2.07. The highest BCUT2D eigenvalue weighted by Crippen LogP contribution is 2.26. The SMILES string of the molecule is Cc1cc(CN)nc2c1ccc1ccccc12.Cl. The van der Waals surface area contributed by atoms with Gasteiger partial charge in [0.2, 0.25) is 0 Å². The van der Waals surface area contributed by atoms with Crippen molar-refractivity contribution in [1.29, 1.82) is 0 Å². The van der Waals surface area contributed by atoms with Crippen LogP contribution in [0.15, 0.2) is 42.5 Å². The van der Waals surface area contributed by atoms with Crippen LogP contribution in [0.5, 0.6) is 0 Å². The van der Waals surface area contributed by atoms with Gasteiger partial charge in [-0.15, -0.1) is 12.4 Å². The molecule has 0 aliphatic rings. The van der Waals surface area contributed by atoms with Gasteiger partial charge >= 0.3 is 0 Å². The third-order valence-electron chi connectivity index (χ3n) is 3.17. The van der Waals surface area contributed by atoms with Crippen LogP contribution in [0, 0.1) is 6.92 Å². The van der Waals surface area contributed by atoms with Crippen molar-refractivity contribution in [3.05, 3.63) is 53.7 Å². The second-order valence-corrected chi connectivity index (χ2v) is 4.32. The van der Waals surface area contributed by atoms with E-state index in [-0.39, 0.29) is 12.4 Å². The smallest absolute Gasteiger partial charge is 0.0786 e. The van der Waals surface area contributed by atoms with Gasteiger partial charge in [-0.3, -0.25) is 4.98 Å². The number of aryl methyl sites for hydroxylation is 1. The molecule has 92 valence electrons. The Balaban J connectivity index is 0.00000120. The average molecular weight is 259 g/mol. The third-order valence-corrected chi connectivity index (χ3v) is 3.17. The summed E-state index contributed by atoms with van der Waals surface area (Å²) in [4.78, 5) is 4.66. The van der Waals surface area contributed by atoms with Crippen molar-refractivity contribution in [3.8, 4) is 0 Å². The van der Waals surface area contributed by atoms with E-state index in [9.17, 15) is 0 Å². The zero-order chi connectivity index (χ0) is 11.8. The summed E-state index contributed by atoms with van der Waals surface area (Å²) < 4.78 is 0. The summed E-state index contributed by atoms with van der Waals surface area (Å²) in [5.74, 6) is 0. The van der Waals surface area contributed by atoms with Crippen LogP contribution in [0.3, 0.4) is 0 Å². The first-order valence-electron chi connectivity index (χ1n) is 5.77. The van der Waals surface area contributed by atoms with Crippen molar-refractivity contribution in [2.75, 3.05) is 0 Å². The molecule has 0 unspecified atom stereocenters. The topological polar surface area (TPSA) is 38.9 Å². The highest BCUT2D eigenvalue weighted by atomic mass is 35.5. The van der Waals surface area contributed by atoms with Gasteiger partial charge in [0.05, 0.1) is 11.2 Å². The summed E-state index contributed by atoms with van der Waals surface area (Å²) in [6.45, 7) is 2.60. The second-order valence-electron chi connectivity index (χ2n) is 4.32. The Morgan fingerprint density at radius 3 is 2.61 bits per heavy atom. The molecule has 3 rings (SSSR count). The molecule has 0 aliphatic carbocycles. The molecule has 0 radical (unpaired) electrons. The molecule has 0 saturated heterocycles.